The predicted molar refractivity (Wildman–Crippen MR) is 119 cm³/mol. The quantitative estimate of drug-likeness (QED) is 0.712. The summed E-state index contributed by atoms with van der Waals surface area (Å²) in [7, 11) is -2.08. The Hall–Kier alpha value is -2.29. The number of fused-ring (bicyclic) bond motifs is 1. The molecule has 1 aliphatic heterocycles. The number of nitrogens with one attached hydrogen (secondary N) is 1. The molecule has 0 saturated heterocycles. The number of carbonyl (C=O) groups is 1. The molecule has 1 N–H and O–H groups in total. The maximum atomic E-state index is 13.1. The second kappa shape index (κ2) is 9.06. The second-order valence-electron chi connectivity index (χ2n) is 7.77. The largest absolute Gasteiger partial charge is 0.486 e. The molecule has 1 aliphatic carbocycles. The van der Waals surface area contributed by atoms with Crippen LogP contribution in [-0.2, 0) is 10.0 Å². The van der Waals surface area contributed by atoms with Gasteiger partial charge in [0.25, 0.3) is 5.91 Å². The number of hydrogen-bond donors (Lipinski definition) is 1. The fraction of sp³-hybridized carbons (Fsp3) is 0.409. The third-order valence-electron chi connectivity index (χ3n) is 5.74. The van der Waals surface area contributed by atoms with E-state index in [0.717, 1.165) is 32.1 Å². The zero-order chi connectivity index (χ0) is 22.0. The summed E-state index contributed by atoms with van der Waals surface area (Å²) in [5.74, 6) is 0.556. The van der Waals surface area contributed by atoms with Gasteiger partial charge in [-0.05, 0) is 31.0 Å². The van der Waals surface area contributed by atoms with Crippen LogP contribution in [0.15, 0.2) is 41.3 Å². The molecule has 1 amide bonds. The Morgan fingerprint density at radius 1 is 1.06 bits per heavy atom. The predicted octanol–water partition coefficient (Wildman–Crippen LogP) is 4.32. The first-order valence-electron chi connectivity index (χ1n) is 10.3. The Labute approximate surface area is 187 Å². The third-order valence-corrected chi connectivity index (χ3v) is 7.96. The number of nitrogens with zero attached hydrogens (tertiary/aromatic N) is 1. The monoisotopic (exact) mass is 464 g/mol. The summed E-state index contributed by atoms with van der Waals surface area (Å²) in [6, 6.07) is 9.24. The lowest BCUT2D eigenvalue weighted by Crippen LogP contribution is -2.38. The van der Waals surface area contributed by atoms with Gasteiger partial charge >= 0.3 is 0 Å². The van der Waals surface area contributed by atoms with E-state index in [1.807, 2.05) is 0 Å². The number of ether oxygens (including phenoxy) is 2. The highest BCUT2D eigenvalue weighted by atomic mass is 35.5. The molecular formula is C22H25ClN2O5S. The van der Waals surface area contributed by atoms with Crippen molar-refractivity contribution in [2.45, 2.75) is 43.0 Å². The van der Waals surface area contributed by atoms with E-state index in [4.69, 9.17) is 21.1 Å². The van der Waals surface area contributed by atoms with Gasteiger partial charge in [0, 0.05) is 30.8 Å². The van der Waals surface area contributed by atoms with E-state index in [1.54, 1.807) is 31.3 Å². The molecule has 1 fully saturated rings. The lowest BCUT2D eigenvalue weighted by Gasteiger charge is -2.30. The molecule has 1 heterocycles. The van der Waals surface area contributed by atoms with Crippen LogP contribution in [0.1, 0.15) is 42.5 Å². The van der Waals surface area contributed by atoms with E-state index in [2.05, 4.69) is 5.32 Å². The number of sulfonamides is 1. The standard InChI is InChI=1S/C22H25ClN2O5S/c1-25(16-7-3-2-4-8-16)31(27,28)17-9-5-6-15(12-17)22(26)24-19-14-21-20(13-18(19)23)29-10-11-30-21/h5-6,9,12-14,16H,2-4,7-8,10-11H2,1H3,(H,24,26). The first-order chi connectivity index (χ1) is 14.9. The molecule has 0 unspecified atom stereocenters. The van der Waals surface area contributed by atoms with E-state index in [1.165, 1.54) is 16.4 Å². The van der Waals surface area contributed by atoms with E-state index < -0.39 is 15.9 Å². The van der Waals surface area contributed by atoms with Crippen LogP contribution in [-0.4, -0.2) is 44.9 Å². The minimum atomic E-state index is -3.70. The van der Waals surface area contributed by atoms with Crippen LogP contribution < -0.4 is 14.8 Å². The van der Waals surface area contributed by atoms with E-state index >= 15 is 0 Å². The fourth-order valence-electron chi connectivity index (χ4n) is 3.96. The van der Waals surface area contributed by atoms with E-state index in [0.29, 0.717) is 35.4 Å². The smallest absolute Gasteiger partial charge is 0.255 e. The average molecular weight is 465 g/mol. The lowest BCUT2D eigenvalue weighted by atomic mass is 9.96. The van der Waals surface area contributed by atoms with Crippen molar-refractivity contribution in [2.24, 2.45) is 0 Å². The van der Waals surface area contributed by atoms with Crippen molar-refractivity contribution < 1.29 is 22.7 Å². The highest BCUT2D eigenvalue weighted by molar-refractivity contribution is 7.89. The summed E-state index contributed by atoms with van der Waals surface area (Å²) in [4.78, 5) is 12.9. The van der Waals surface area contributed by atoms with Gasteiger partial charge in [0.1, 0.15) is 13.2 Å². The molecular weight excluding hydrogens is 440 g/mol. The third kappa shape index (κ3) is 4.66. The number of halogens is 1. The van der Waals surface area contributed by atoms with Crippen LogP contribution in [0.3, 0.4) is 0 Å². The molecule has 9 heteroatoms. The molecule has 0 spiro atoms. The molecule has 0 aromatic heterocycles. The highest BCUT2D eigenvalue weighted by Gasteiger charge is 2.29. The molecule has 0 bridgehead atoms. The number of benzene rings is 2. The van der Waals surface area contributed by atoms with Crippen molar-refractivity contribution in [1.29, 1.82) is 0 Å². The summed E-state index contributed by atoms with van der Waals surface area (Å²) >= 11 is 6.27. The number of rotatable bonds is 5. The van der Waals surface area contributed by atoms with Crippen LogP contribution >= 0.6 is 11.6 Å². The van der Waals surface area contributed by atoms with Crippen molar-refractivity contribution in [1.82, 2.24) is 4.31 Å². The van der Waals surface area contributed by atoms with E-state index in [-0.39, 0.29) is 16.5 Å². The van der Waals surface area contributed by atoms with Gasteiger partial charge < -0.3 is 14.8 Å². The second-order valence-corrected chi connectivity index (χ2v) is 10.2. The van der Waals surface area contributed by atoms with Crippen molar-refractivity contribution in [3.05, 3.63) is 47.0 Å². The molecule has 2 aliphatic rings. The number of anilines is 1. The van der Waals surface area contributed by atoms with Gasteiger partial charge in [-0.3, -0.25) is 4.79 Å². The van der Waals surface area contributed by atoms with Crippen molar-refractivity contribution in [3.63, 3.8) is 0 Å². The summed E-state index contributed by atoms with van der Waals surface area (Å²) < 4.78 is 38.7. The normalized spacial score (nSPS) is 16.9. The fourth-order valence-corrected chi connectivity index (χ4v) is 5.62. The van der Waals surface area contributed by atoms with Crippen LogP contribution in [0.2, 0.25) is 5.02 Å². The Balaban J connectivity index is 1.54. The van der Waals surface area contributed by atoms with Gasteiger partial charge in [-0.2, -0.15) is 4.31 Å². The molecule has 7 nitrogen and oxygen atoms in total. The highest BCUT2D eigenvalue weighted by Crippen LogP contribution is 2.38. The maximum absolute atomic E-state index is 13.1. The van der Waals surface area contributed by atoms with Gasteiger partial charge in [-0.1, -0.05) is 36.9 Å². The first-order valence-corrected chi connectivity index (χ1v) is 12.2. The van der Waals surface area contributed by atoms with Crippen molar-refractivity contribution >= 4 is 33.2 Å². The maximum Gasteiger partial charge on any atom is 0.255 e. The topological polar surface area (TPSA) is 84.9 Å². The van der Waals surface area contributed by atoms with Gasteiger partial charge in [0.15, 0.2) is 11.5 Å². The molecule has 1 saturated carbocycles. The van der Waals surface area contributed by atoms with Crippen molar-refractivity contribution in [3.8, 4) is 11.5 Å². The molecule has 4 rings (SSSR count). The minimum absolute atomic E-state index is 0.00671. The van der Waals surface area contributed by atoms with Gasteiger partial charge in [0.2, 0.25) is 10.0 Å². The van der Waals surface area contributed by atoms with Crippen LogP contribution in [0.5, 0.6) is 11.5 Å². The summed E-state index contributed by atoms with van der Waals surface area (Å²) in [6.07, 6.45) is 4.92. The Morgan fingerprint density at radius 2 is 1.74 bits per heavy atom. The number of carbonyl (C=O) groups excluding carboxylic acids is 1. The first kappa shape index (κ1) is 21.9. The van der Waals surface area contributed by atoms with Crippen LogP contribution in [0.4, 0.5) is 5.69 Å². The SMILES string of the molecule is CN(C1CCCCC1)S(=O)(=O)c1cccc(C(=O)Nc2cc3c(cc2Cl)OCCO3)c1. The molecule has 0 atom stereocenters. The molecule has 2 aromatic carbocycles. The zero-order valence-corrected chi connectivity index (χ0v) is 18.8. The molecule has 31 heavy (non-hydrogen) atoms. The average Bonchev–Trinajstić information content (AvgIpc) is 2.79. The zero-order valence-electron chi connectivity index (χ0n) is 17.3. The summed E-state index contributed by atoms with van der Waals surface area (Å²) in [5.41, 5.74) is 0.590. The summed E-state index contributed by atoms with van der Waals surface area (Å²) in [5, 5.41) is 3.04. The van der Waals surface area contributed by atoms with Gasteiger partial charge in [-0.25, -0.2) is 8.42 Å². The number of hydrogen-bond acceptors (Lipinski definition) is 5. The van der Waals surface area contributed by atoms with Gasteiger partial charge in [0.05, 0.1) is 15.6 Å². The minimum Gasteiger partial charge on any atom is -0.486 e. The van der Waals surface area contributed by atoms with Crippen LogP contribution in [0.25, 0.3) is 0 Å². The van der Waals surface area contributed by atoms with Crippen LogP contribution in [0, 0.1) is 0 Å². The summed E-state index contributed by atoms with van der Waals surface area (Å²) in [6.45, 7) is 0.849. The van der Waals surface area contributed by atoms with Gasteiger partial charge in [-0.15, -0.1) is 0 Å². The Bertz CT molecular complexity index is 1080. The molecule has 0 radical (unpaired) electrons. The Kier molecular flexibility index (Phi) is 6.41. The number of amides is 1. The molecule has 2 aromatic rings. The molecule has 166 valence electrons. The Morgan fingerprint density at radius 3 is 2.45 bits per heavy atom. The van der Waals surface area contributed by atoms with Crippen molar-refractivity contribution in [2.75, 3.05) is 25.6 Å². The lowest BCUT2D eigenvalue weighted by molar-refractivity contribution is 0.102. The van der Waals surface area contributed by atoms with E-state index in [9.17, 15) is 13.2 Å².